The van der Waals surface area contributed by atoms with Crippen LogP contribution < -0.4 is 10.0 Å². The molecule has 0 aliphatic carbocycles. The van der Waals surface area contributed by atoms with Gasteiger partial charge in [0.05, 0.1) is 11.1 Å². The first kappa shape index (κ1) is 17.2. The van der Waals surface area contributed by atoms with E-state index < -0.39 is 10.0 Å². The molecule has 0 bridgehead atoms. The lowest BCUT2D eigenvalue weighted by atomic mass is 10.2. The summed E-state index contributed by atoms with van der Waals surface area (Å²) in [4.78, 5) is 12.2. The third kappa shape index (κ3) is 4.40. The van der Waals surface area contributed by atoms with Gasteiger partial charge in [-0.3, -0.25) is 9.89 Å². The van der Waals surface area contributed by atoms with Crippen LogP contribution in [0.5, 0.6) is 0 Å². The van der Waals surface area contributed by atoms with Crippen molar-refractivity contribution in [3.63, 3.8) is 0 Å². The Bertz CT molecular complexity index is 779. The van der Waals surface area contributed by atoms with Crippen LogP contribution >= 0.6 is 0 Å². The van der Waals surface area contributed by atoms with Gasteiger partial charge in [0.2, 0.25) is 10.0 Å². The maximum Gasteiger partial charge on any atom is 0.251 e. The number of amides is 1. The lowest BCUT2D eigenvalue weighted by molar-refractivity contribution is 0.0951. The number of nitrogens with one attached hydrogen (secondary N) is 3. The number of aromatic nitrogens is 2. The highest BCUT2D eigenvalue weighted by Gasteiger charge is 2.16. The second-order valence-electron chi connectivity index (χ2n) is 5.50. The van der Waals surface area contributed by atoms with Gasteiger partial charge in [0.1, 0.15) is 0 Å². The zero-order valence-electron chi connectivity index (χ0n) is 13.3. The first-order valence-corrected chi connectivity index (χ1v) is 8.67. The Morgan fingerprint density at radius 2 is 1.91 bits per heavy atom. The standard InChI is InChI=1S/C15H20N4O3S/c1-10(2)19-23(21,22)14-6-4-12(5-7-14)15(20)16-8-13-9-17-18-11(13)3/h4-7,9-10,19H,8H2,1-3H3,(H,16,20)(H,17,18). The fraction of sp³-hybridized carbons (Fsp3) is 0.333. The van der Waals surface area contributed by atoms with Crippen LogP contribution in [0, 0.1) is 6.92 Å². The molecule has 0 radical (unpaired) electrons. The molecule has 0 aliphatic heterocycles. The van der Waals surface area contributed by atoms with Crippen molar-refractivity contribution in [2.75, 3.05) is 0 Å². The Morgan fingerprint density at radius 3 is 2.43 bits per heavy atom. The van der Waals surface area contributed by atoms with Crippen LogP contribution in [0.15, 0.2) is 35.4 Å². The van der Waals surface area contributed by atoms with Crippen molar-refractivity contribution in [3.05, 3.63) is 47.3 Å². The summed E-state index contributed by atoms with van der Waals surface area (Å²) < 4.78 is 26.5. The van der Waals surface area contributed by atoms with E-state index >= 15 is 0 Å². The third-order valence-corrected chi connectivity index (χ3v) is 4.87. The summed E-state index contributed by atoms with van der Waals surface area (Å²) in [5.41, 5.74) is 2.19. The predicted octanol–water partition coefficient (Wildman–Crippen LogP) is 1.33. The smallest absolute Gasteiger partial charge is 0.251 e. The second kappa shape index (κ2) is 6.93. The van der Waals surface area contributed by atoms with Crippen molar-refractivity contribution in [3.8, 4) is 0 Å². The Hall–Kier alpha value is -2.19. The maximum absolute atomic E-state index is 12.1. The van der Waals surface area contributed by atoms with Crippen molar-refractivity contribution in [2.45, 2.75) is 38.3 Å². The number of nitrogens with zero attached hydrogens (tertiary/aromatic N) is 1. The van der Waals surface area contributed by atoms with Crippen molar-refractivity contribution >= 4 is 15.9 Å². The van der Waals surface area contributed by atoms with Crippen molar-refractivity contribution < 1.29 is 13.2 Å². The highest BCUT2D eigenvalue weighted by atomic mass is 32.2. The molecule has 1 heterocycles. The van der Waals surface area contributed by atoms with E-state index in [1.807, 2.05) is 6.92 Å². The van der Waals surface area contributed by atoms with Gasteiger partial charge in [0.25, 0.3) is 5.91 Å². The van der Waals surface area contributed by atoms with Crippen LogP contribution in [-0.4, -0.2) is 30.6 Å². The SMILES string of the molecule is Cc1[nH]ncc1CNC(=O)c1ccc(S(=O)(=O)NC(C)C)cc1. The molecular formula is C15H20N4O3S. The van der Waals surface area contributed by atoms with Crippen LogP contribution in [0.2, 0.25) is 0 Å². The number of sulfonamides is 1. The molecule has 0 aliphatic rings. The zero-order valence-corrected chi connectivity index (χ0v) is 14.1. The van der Waals surface area contributed by atoms with Crippen LogP contribution in [0.25, 0.3) is 0 Å². The molecule has 0 saturated heterocycles. The predicted molar refractivity (Wildman–Crippen MR) is 86.4 cm³/mol. The number of aryl methyl sites for hydroxylation is 1. The minimum Gasteiger partial charge on any atom is -0.348 e. The van der Waals surface area contributed by atoms with Gasteiger partial charge in [0, 0.05) is 29.4 Å². The molecule has 8 heteroatoms. The van der Waals surface area contributed by atoms with Gasteiger partial charge in [-0.15, -0.1) is 0 Å². The molecule has 0 atom stereocenters. The molecule has 0 unspecified atom stereocenters. The van der Waals surface area contributed by atoms with Crippen LogP contribution in [0.3, 0.4) is 0 Å². The molecule has 0 spiro atoms. The fourth-order valence-electron chi connectivity index (χ4n) is 2.00. The quantitative estimate of drug-likeness (QED) is 0.740. The van der Waals surface area contributed by atoms with Crippen LogP contribution in [0.4, 0.5) is 0 Å². The fourth-order valence-corrected chi connectivity index (χ4v) is 3.25. The molecule has 0 saturated carbocycles. The van der Waals surface area contributed by atoms with E-state index in [0.717, 1.165) is 11.3 Å². The molecule has 1 amide bonds. The zero-order chi connectivity index (χ0) is 17.0. The van der Waals surface area contributed by atoms with Gasteiger partial charge in [-0.1, -0.05) is 0 Å². The third-order valence-electron chi connectivity index (χ3n) is 3.19. The summed E-state index contributed by atoms with van der Waals surface area (Å²) in [5, 5.41) is 9.45. The summed E-state index contributed by atoms with van der Waals surface area (Å²) >= 11 is 0. The highest BCUT2D eigenvalue weighted by Crippen LogP contribution is 2.11. The van der Waals surface area contributed by atoms with Gasteiger partial charge < -0.3 is 5.32 Å². The molecule has 1 aromatic carbocycles. The first-order chi connectivity index (χ1) is 10.8. The van der Waals surface area contributed by atoms with Crippen LogP contribution in [-0.2, 0) is 16.6 Å². The number of hydrogen-bond acceptors (Lipinski definition) is 4. The average molecular weight is 336 g/mol. The minimum atomic E-state index is -3.55. The number of carbonyl (C=O) groups excluding carboxylic acids is 1. The topological polar surface area (TPSA) is 104 Å². The molecule has 3 N–H and O–H groups in total. The number of rotatable bonds is 6. The Balaban J connectivity index is 2.04. The summed E-state index contributed by atoms with van der Waals surface area (Å²) in [6.07, 6.45) is 1.66. The van der Waals surface area contributed by atoms with Gasteiger partial charge >= 0.3 is 0 Å². The average Bonchev–Trinajstić information content (AvgIpc) is 2.89. The van der Waals surface area contributed by atoms with E-state index in [-0.39, 0.29) is 16.8 Å². The maximum atomic E-state index is 12.1. The number of H-pyrrole nitrogens is 1. The van der Waals surface area contributed by atoms with Gasteiger partial charge in [0.15, 0.2) is 0 Å². The largest absolute Gasteiger partial charge is 0.348 e. The first-order valence-electron chi connectivity index (χ1n) is 7.19. The summed E-state index contributed by atoms with van der Waals surface area (Å²) in [6, 6.07) is 5.63. The number of benzene rings is 1. The van der Waals surface area contributed by atoms with E-state index in [1.165, 1.54) is 24.3 Å². The number of hydrogen-bond donors (Lipinski definition) is 3. The molecule has 2 aromatic rings. The van der Waals surface area contributed by atoms with Crippen LogP contribution in [0.1, 0.15) is 35.5 Å². The van der Waals surface area contributed by atoms with Crippen molar-refractivity contribution in [1.29, 1.82) is 0 Å². The lowest BCUT2D eigenvalue weighted by Crippen LogP contribution is -2.30. The van der Waals surface area contributed by atoms with Gasteiger partial charge in [-0.05, 0) is 45.0 Å². The van der Waals surface area contributed by atoms with Crippen molar-refractivity contribution in [1.82, 2.24) is 20.2 Å². The van der Waals surface area contributed by atoms with E-state index in [1.54, 1.807) is 20.0 Å². The molecule has 124 valence electrons. The van der Waals surface area contributed by atoms with E-state index in [0.29, 0.717) is 12.1 Å². The number of carbonyl (C=O) groups is 1. The van der Waals surface area contributed by atoms with Crippen molar-refractivity contribution in [2.24, 2.45) is 0 Å². The van der Waals surface area contributed by atoms with E-state index in [2.05, 4.69) is 20.2 Å². The number of aromatic amines is 1. The Morgan fingerprint density at radius 1 is 1.26 bits per heavy atom. The molecule has 0 fully saturated rings. The molecule has 23 heavy (non-hydrogen) atoms. The monoisotopic (exact) mass is 336 g/mol. The minimum absolute atomic E-state index is 0.133. The highest BCUT2D eigenvalue weighted by molar-refractivity contribution is 7.89. The van der Waals surface area contributed by atoms with E-state index in [9.17, 15) is 13.2 Å². The lowest BCUT2D eigenvalue weighted by Gasteiger charge is -2.10. The molecular weight excluding hydrogens is 316 g/mol. The summed E-state index contributed by atoms with van der Waals surface area (Å²) in [5.74, 6) is -0.272. The summed E-state index contributed by atoms with van der Waals surface area (Å²) in [6.45, 7) is 5.72. The Labute approximate surface area is 135 Å². The Kier molecular flexibility index (Phi) is 5.17. The van der Waals surface area contributed by atoms with E-state index in [4.69, 9.17) is 0 Å². The molecule has 1 aromatic heterocycles. The normalized spacial score (nSPS) is 11.7. The second-order valence-corrected chi connectivity index (χ2v) is 7.22. The summed E-state index contributed by atoms with van der Waals surface area (Å²) in [7, 11) is -3.55. The van der Waals surface area contributed by atoms with Gasteiger partial charge in [-0.25, -0.2) is 13.1 Å². The molecule has 7 nitrogen and oxygen atoms in total. The molecule has 2 rings (SSSR count). The van der Waals surface area contributed by atoms with Gasteiger partial charge in [-0.2, -0.15) is 5.10 Å².